The third kappa shape index (κ3) is 2.76. The maximum Gasteiger partial charge on any atom is 0.407 e. The minimum absolute atomic E-state index is 0.104. The molecule has 1 aliphatic heterocycles. The summed E-state index contributed by atoms with van der Waals surface area (Å²) in [4.78, 5) is 12.3. The van der Waals surface area contributed by atoms with Gasteiger partial charge < -0.3 is 10.0 Å². The molecule has 0 aliphatic carbocycles. The molecule has 1 aromatic carbocycles. The first-order chi connectivity index (χ1) is 10.0. The zero-order valence-corrected chi connectivity index (χ0v) is 11.8. The predicted octanol–water partition coefficient (Wildman–Crippen LogP) is 3.28. The molecule has 1 N–H and O–H groups in total. The second-order valence-electron chi connectivity index (χ2n) is 5.13. The molecule has 7 heteroatoms. The van der Waals surface area contributed by atoms with Crippen LogP contribution in [-0.2, 0) is 0 Å². The van der Waals surface area contributed by atoms with Gasteiger partial charge in [-0.05, 0) is 31.0 Å². The average Bonchev–Trinajstić information content (AvgIpc) is 2.47. The van der Waals surface area contributed by atoms with Crippen molar-refractivity contribution in [2.75, 3.05) is 13.1 Å². The van der Waals surface area contributed by atoms with Crippen molar-refractivity contribution in [3.05, 3.63) is 34.7 Å². The van der Waals surface area contributed by atoms with Gasteiger partial charge in [0, 0.05) is 29.4 Å². The summed E-state index contributed by atoms with van der Waals surface area (Å²) in [7, 11) is 0. The van der Waals surface area contributed by atoms with Gasteiger partial charge in [-0.2, -0.15) is 10.2 Å². The lowest BCUT2D eigenvalue weighted by Gasteiger charge is -2.29. The fourth-order valence-electron chi connectivity index (χ4n) is 2.65. The summed E-state index contributed by atoms with van der Waals surface area (Å²) in [5.41, 5.74) is 1.13. The fourth-order valence-corrected chi connectivity index (χ4v) is 2.85. The highest BCUT2D eigenvalue weighted by atomic mass is 35.5. The first kappa shape index (κ1) is 14.0. The van der Waals surface area contributed by atoms with Crippen LogP contribution in [0.4, 0.5) is 9.18 Å². The van der Waals surface area contributed by atoms with E-state index in [4.69, 9.17) is 16.7 Å². The molecule has 0 bridgehead atoms. The van der Waals surface area contributed by atoms with Crippen molar-refractivity contribution in [1.29, 1.82) is 0 Å². The summed E-state index contributed by atoms with van der Waals surface area (Å²) in [5.74, 6) is -0.316. The molecule has 0 unspecified atom stereocenters. The number of hydrogen-bond donors (Lipinski definition) is 1. The Hall–Kier alpha value is -1.95. The van der Waals surface area contributed by atoms with E-state index >= 15 is 0 Å². The Morgan fingerprint density at radius 3 is 2.67 bits per heavy atom. The Bertz CT molecular complexity index is 702. The number of carboxylic acid groups (broad SMARTS) is 1. The van der Waals surface area contributed by atoms with E-state index in [1.54, 1.807) is 12.1 Å². The monoisotopic (exact) mass is 309 g/mol. The SMILES string of the molecule is O=C(O)N1CCC(c2cc3c(F)cc(Cl)cc3nn2)CC1. The zero-order chi connectivity index (χ0) is 15.0. The topological polar surface area (TPSA) is 66.3 Å². The highest BCUT2D eigenvalue weighted by Crippen LogP contribution is 2.29. The van der Waals surface area contributed by atoms with Gasteiger partial charge in [0.25, 0.3) is 0 Å². The van der Waals surface area contributed by atoms with Crippen LogP contribution in [0.15, 0.2) is 18.2 Å². The first-order valence-electron chi connectivity index (χ1n) is 6.65. The molecule has 0 saturated carbocycles. The third-order valence-corrected chi connectivity index (χ3v) is 4.04. The van der Waals surface area contributed by atoms with Crippen LogP contribution in [0, 0.1) is 5.82 Å². The van der Waals surface area contributed by atoms with Crippen LogP contribution in [0.1, 0.15) is 24.5 Å². The van der Waals surface area contributed by atoms with Crippen LogP contribution in [-0.4, -0.2) is 39.4 Å². The van der Waals surface area contributed by atoms with E-state index in [9.17, 15) is 9.18 Å². The summed E-state index contributed by atoms with van der Waals surface area (Å²) in [5, 5.41) is 17.8. The number of piperidine rings is 1. The molecule has 2 heterocycles. The van der Waals surface area contributed by atoms with Gasteiger partial charge >= 0.3 is 6.09 Å². The van der Waals surface area contributed by atoms with Gasteiger partial charge in [0.1, 0.15) is 5.82 Å². The quantitative estimate of drug-likeness (QED) is 0.878. The van der Waals surface area contributed by atoms with E-state index in [2.05, 4.69) is 10.2 Å². The summed E-state index contributed by atoms with van der Waals surface area (Å²) in [6, 6.07) is 4.52. The Morgan fingerprint density at radius 2 is 2.00 bits per heavy atom. The van der Waals surface area contributed by atoms with Crippen LogP contribution < -0.4 is 0 Å². The Kier molecular flexibility index (Phi) is 3.63. The molecule has 1 aromatic heterocycles. The second-order valence-corrected chi connectivity index (χ2v) is 5.57. The lowest BCUT2D eigenvalue weighted by Crippen LogP contribution is -2.37. The van der Waals surface area contributed by atoms with E-state index in [0.717, 1.165) is 0 Å². The molecule has 2 aromatic rings. The molecule has 1 aliphatic rings. The number of amides is 1. The van der Waals surface area contributed by atoms with Gasteiger partial charge in [-0.15, -0.1) is 0 Å². The second kappa shape index (κ2) is 5.44. The van der Waals surface area contributed by atoms with Gasteiger partial charge in [0.2, 0.25) is 0 Å². The predicted molar refractivity (Wildman–Crippen MR) is 76.1 cm³/mol. The zero-order valence-electron chi connectivity index (χ0n) is 11.1. The number of carbonyl (C=O) groups is 1. The molecule has 21 heavy (non-hydrogen) atoms. The van der Waals surface area contributed by atoms with Crippen LogP contribution in [0.25, 0.3) is 10.9 Å². The maximum absolute atomic E-state index is 13.9. The van der Waals surface area contributed by atoms with Crippen LogP contribution in [0.3, 0.4) is 0 Å². The van der Waals surface area contributed by atoms with Crippen LogP contribution in [0.2, 0.25) is 5.02 Å². The van der Waals surface area contributed by atoms with Gasteiger partial charge in [-0.3, -0.25) is 0 Å². The van der Waals surface area contributed by atoms with Gasteiger partial charge in [0.15, 0.2) is 0 Å². The van der Waals surface area contributed by atoms with E-state index < -0.39 is 11.9 Å². The lowest BCUT2D eigenvalue weighted by molar-refractivity contribution is 0.131. The Labute approximate surface area is 125 Å². The highest BCUT2D eigenvalue weighted by molar-refractivity contribution is 6.31. The van der Waals surface area contributed by atoms with Crippen molar-refractivity contribution in [3.8, 4) is 0 Å². The van der Waals surface area contributed by atoms with Crippen molar-refractivity contribution >= 4 is 28.6 Å². The van der Waals surface area contributed by atoms with Crippen molar-refractivity contribution in [2.24, 2.45) is 0 Å². The van der Waals surface area contributed by atoms with Gasteiger partial charge in [0.05, 0.1) is 11.2 Å². The largest absolute Gasteiger partial charge is 0.465 e. The first-order valence-corrected chi connectivity index (χ1v) is 7.02. The minimum Gasteiger partial charge on any atom is -0.465 e. The summed E-state index contributed by atoms with van der Waals surface area (Å²) in [6.45, 7) is 0.922. The number of hydrogen-bond acceptors (Lipinski definition) is 3. The van der Waals surface area contributed by atoms with E-state index in [-0.39, 0.29) is 10.9 Å². The Balaban J connectivity index is 1.87. The normalized spacial score (nSPS) is 16.4. The van der Waals surface area contributed by atoms with Crippen molar-refractivity contribution in [2.45, 2.75) is 18.8 Å². The smallest absolute Gasteiger partial charge is 0.407 e. The molecule has 0 atom stereocenters. The fraction of sp³-hybridized carbons (Fsp3) is 0.357. The molecule has 5 nitrogen and oxygen atoms in total. The summed E-state index contributed by atoms with van der Waals surface area (Å²) >= 11 is 5.79. The minimum atomic E-state index is -0.904. The van der Waals surface area contributed by atoms with E-state index in [0.29, 0.717) is 42.5 Å². The average molecular weight is 310 g/mol. The number of likely N-dealkylation sites (tertiary alicyclic amines) is 1. The molecular formula is C14H13ClFN3O2. The van der Waals surface area contributed by atoms with Gasteiger partial charge in [-0.1, -0.05) is 11.6 Å². The molecule has 1 amide bonds. The van der Waals surface area contributed by atoms with Crippen molar-refractivity contribution in [3.63, 3.8) is 0 Å². The Morgan fingerprint density at radius 1 is 1.29 bits per heavy atom. The summed E-state index contributed by atoms with van der Waals surface area (Å²) < 4.78 is 13.9. The molecular weight excluding hydrogens is 297 g/mol. The standard InChI is InChI=1S/C14H13ClFN3O2/c15-9-5-11(16)10-7-12(17-18-13(10)6-9)8-1-3-19(4-2-8)14(20)21/h5-8H,1-4H2,(H,20,21). The van der Waals surface area contributed by atoms with Crippen molar-refractivity contribution < 1.29 is 14.3 Å². The number of aromatic nitrogens is 2. The number of rotatable bonds is 1. The lowest BCUT2D eigenvalue weighted by atomic mass is 9.93. The molecule has 3 rings (SSSR count). The van der Waals surface area contributed by atoms with Crippen molar-refractivity contribution in [1.82, 2.24) is 15.1 Å². The molecule has 1 fully saturated rings. The number of fused-ring (bicyclic) bond motifs is 1. The molecule has 1 saturated heterocycles. The van der Waals surface area contributed by atoms with E-state index in [1.165, 1.54) is 11.0 Å². The number of benzene rings is 1. The third-order valence-electron chi connectivity index (χ3n) is 3.82. The maximum atomic E-state index is 13.9. The molecule has 110 valence electrons. The van der Waals surface area contributed by atoms with E-state index in [1.807, 2.05) is 0 Å². The van der Waals surface area contributed by atoms with Crippen LogP contribution in [0.5, 0.6) is 0 Å². The molecule has 0 radical (unpaired) electrons. The molecule has 0 spiro atoms. The number of nitrogens with zero attached hydrogens (tertiary/aromatic N) is 3. The van der Waals surface area contributed by atoms with Crippen LogP contribution >= 0.6 is 11.6 Å². The highest BCUT2D eigenvalue weighted by Gasteiger charge is 2.25. The van der Waals surface area contributed by atoms with Gasteiger partial charge in [-0.25, -0.2) is 9.18 Å². The number of halogens is 2. The summed E-state index contributed by atoms with van der Waals surface area (Å²) in [6.07, 6.45) is 0.433.